The summed E-state index contributed by atoms with van der Waals surface area (Å²) in [6.07, 6.45) is 5.32. The number of nitrogens with zero attached hydrogens (tertiary/aromatic N) is 2. The number of piperazine rings is 1. The van der Waals surface area contributed by atoms with Crippen LogP contribution in [0.1, 0.15) is 36.5 Å². The molecule has 2 heterocycles. The van der Waals surface area contributed by atoms with Crippen LogP contribution in [-0.4, -0.2) is 46.8 Å². The molecule has 2 aliphatic rings. The van der Waals surface area contributed by atoms with Crippen LogP contribution in [0.2, 0.25) is 5.02 Å². The number of likely N-dealkylation sites (tertiary alicyclic amines) is 1. The van der Waals surface area contributed by atoms with Gasteiger partial charge >= 0.3 is 0 Å². The summed E-state index contributed by atoms with van der Waals surface area (Å²) in [7, 11) is 0. The summed E-state index contributed by atoms with van der Waals surface area (Å²) >= 11 is 6.21. The SMILES string of the molecule is CC(=O)Nc1cc(Cl)c(C)cc1C=CC(=O)N1C2CCC1CN(Cc1ccc(F)cc1)C2. The lowest BCUT2D eigenvalue weighted by molar-refractivity contribution is -0.131. The normalized spacial score (nSPS) is 20.7. The van der Waals surface area contributed by atoms with Gasteiger partial charge < -0.3 is 10.2 Å². The molecule has 5 nitrogen and oxygen atoms in total. The largest absolute Gasteiger partial charge is 0.331 e. The van der Waals surface area contributed by atoms with Gasteiger partial charge in [0.15, 0.2) is 0 Å². The molecule has 2 bridgehead atoms. The number of rotatable bonds is 5. The summed E-state index contributed by atoms with van der Waals surface area (Å²) in [5, 5.41) is 3.34. The minimum atomic E-state index is -0.228. The van der Waals surface area contributed by atoms with Crippen molar-refractivity contribution in [3.05, 3.63) is 70.0 Å². The van der Waals surface area contributed by atoms with Crippen molar-refractivity contribution in [2.75, 3.05) is 18.4 Å². The van der Waals surface area contributed by atoms with Crippen LogP contribution in [0.5, 0.6) is 0 Å². The molecule has 7 heteroatoms. The molecule has 0 saturated carbocycles. The highest BCUT2D eigenvalue weighted by atomic mass is 35.5. The molecule has 32 heavy (non-hydrogen) atoms. The number of halogens is 2. The quantitative estimate of drug-likeness (QED) is 0.668. The van der Waals surface area contributed by atoms with E-state index >= 15 is 0 Å². The Morgan fingerprint density at radius 2 is 1.81 bits per heavy atom. The summed E-state index contributed by atoms with van der Waals surface area (Å²) in [6, 6.07) is 10.5. The summed E-state index contributed by atoms with van der Waals surface area (Å²) in [5.41, 5.74) is 3.29. The first kappa shape index (κ1) is 22.5. The first-order valence-electron chi connectivity index (χ1n) is 10.8. The number of carbonyl (C=O) groups is 2. The fourth-order valence-corrected chi connectivity index (χ4v) is 4.88. The number of aryl methyl sites for hydroxylation is 1. The van der Waals surface area contributed by atoms with Crippen LogP contribution in [0.3, 0.4) is 0 Å². The molecule has 0 aromatic heterocycles. The number of carbonyl (C=O) groups excluding carboxylic acids is 2. The molecule has 0 spiro atoms. The molecule has 0 radical (unpaired) electrons. The topological polar surface area (TPSA) is 52.7 Å². The number of amides is 2. The second-order valence-electron chi connectivity index (χ2n) is 8.65. The van der Waals surface area contributed by atoms with Crippen LogP contribution < -0.4 is 5.32 Å². The van der Waals surface area contributed by atoms with E-state index in [1.807, 2.05) is 30.0 Å². The fraction of sp³-hybridized carbons (Fsp3) is 0.360. The highest BCUT2D eigenvalue weighted by molar-refractivity contribution is 6.31. The molecule has 2 aromatic rings. The average Bonchev–Trinajstić information content (AvgIpc) is 3.01. The third-order valence-electron chi connectivity index (χ3n) is 6.18. The molecule has 2 aromatic carbocycles. The third kappa shape index (κ3) is 5.03. The molecule has 2 atom stereocenters. The number of fused-ring (bicyclic) bond motifs is 2. The van der Waals surface area contributed by atoms with Gasteiger partial charge in [0.1, 0.15) is 5.82 Å². The summed E-state index contributed by atoms with van der Waals surface area (Å²) in [4.78, 5) is 29.0. The van der Waals surface area contributed by atoms with Gasteiger partial charge in [-0.2, -0.15) is 0 Å². The van der Waals surface area contributed by atoms with Gasteiger partial charge in [0.25, 0.3) is 0 Å². The van der Waals surface area contributed by atoms with E-state index in [4.69, 9.17) is 11.6 Å². The molecular weight excluding hydrogens is 429 g/mol. The highest BCUT2D eigenvalue weighted by Gasteiger charge is 2.41. The predicted molar refractivity (Wildman–Crippen MR) is 125 cm³/mol. The molecule has 2 aliphatic heterocycles. The van der Waals surface area contributed by atoms with Crippen molar-refractivity contribution < 1.29 is 14.0 Å². The Bertz CT molecular complexity index is 1040. The lowest BCUT2D eigenvalue weighted by Crippen LogP contribution is -2.55. The number of nitrogens with one attached hydrogen (secondary N) is 1. The second kappa shape index (κ2) is 9.43. The standard InChI is InChI=1S/C25H27ClFN3O2/c1-16-11-19(24(12-23(16)26)28-17(2)31)5-10-25(32)30-21-8-9-22(30)15-29(14-21)13-18-3-6-20(27)7-4-18/h3-7,10-12,21-22H,8-9,13-15H2,1-2H3,(H,28,31). The minimum Gasteiger partial charge on any atom is -0.331 e. The van der Waals surface area contributed by atoms with Crippen molar-refractivity contribution in [2.24, 2.45) is 0 Å². The zero-order chi connectivity index (χ0) is 22.8. The Morgan fingerprint density at radius 3 is 2.44 bits per heavy atom. The number of benzene rings is 2. The Balaban J connectivity index is 1.45. The lowest BCUT2D eigenvalue weighted by Gasteiger charge is -2.40. The number of anilines is 1. The Morgan fingerprint density at radius 1 is 1.16 bits per heavy atom. The maximum Gasteiger partial charge on any atom is 0.247 e. The second-order valence-corrected chi connectivity index (χ2v) is 9.06. The zero-order valence-corrected chi connectivity index (χ0v) is 19.0. The molecule has 2 amide bonds. The van der Waals surface area contributed by atoms with Gasteiger partial charge in [-0.25, -0.2) is 4.39 Å². The molecular formula is C25H27ClFN3O2. The molecule has 0 aliphatic carbocycles. The van der Waals surface area contributed by atoms with E-state index in [2.05, 4.69) is 10.2 Å². The highest BCUT2D eigenvalue weighted by Crippen LogP contribution is 2.32. The van der Waals surface area contributed by atoms with E-state index < -0.39 is 0 Å². The van der Waals surface area contributed by atoms with E-state index in [1.54, 1.807) is 18.2 Å². The van der Waals surface area contributed by atoms with Gasteiger partial charge in [0, 0.05) is 55.4 Å². The van der Waals surface area contributed by atoms with Gasteiger partial charge in [0.2, 0.25) is 11.8 Å². The van der Waals surface area contributed by atoms with Crippen molar-refractivity contribution in [1.29, 1.82) is 0 Å². The zero-order valence-electron chi connectivity index (χ0n) is 18.3. The van der Waals surface area contributed by atoms with Crippen LogP contribution in [0.25, 0.3) is 6.08 Å². The van der Waals surface area contributed by atoms with Crippen LogP contribution in [0.15, 0.2) is 42.5 Å². The molecule has 4 rings (SSSR count). The Hall–Kier alpha value is -2.70. The predicted octanol–water partition coefficient (Wildman–Crippen LogP) is 4.63. The Labute approximate surface area is 192 Å². The van der Waals surface area contributed by atoms with Gasteiger partial charge in [-0.3, -0.25) is 14.5 Å². The molecule has 2 saturated heterocycles. The van der Waals surface area contributed by atoms with Gasteiger partial charge in [-0.1, -0.05) is 23.7 Å². The van der Waals surface area contributed by atoms with Crippen molar-refractivity contribution in [1.82, 2.24) is 9.80 Å². The van der Waals surface area contributed by atoms with E-state index in [1.165, 1.54) is 19.1 Å². The smallest absolute Gasteiger partial charge is 0.247 e. The summed E-state index contributed by atoms with van der Waals surface area (Å²) in [6.45, 7) is 5.71. The fourth-order valence-electron chi connectivity index (χ4n) is 4.71. The van der Waals surface area contributed by atoms with E-state index in [0.29, 0.717) is 10.7 Å². The Kier molecular flexibility index (Phi) is 6.63. The van der Waals surface area contributed by atoms with Crippen molar-refractivity contribution in [3.63, 3.8) is 0 Å². The lowest BCUT2D eigenvalue weighted by atomic mass is 10.1. The summed E-state index contributed by atoms with van der Waals surface area (Å²) < 4.78 is 13.2. The maximum atomic E-state index is 13.2. The summed E-state index contributed by atoms with van der Waals surface area (Å²) in [5.74, 6) is -0.435. The third-order valence-corrected chi connectivity index (χ3v) is 6.59. The minimum absolute atomic E-state index is 0.0136. The number of hydrogen-bond acceptors (Lipinski definition) is 3. The maximum absolute atomic E-state index is 13.2. The molecule has 2 fully saturated rings. The van der Waals surface area contributed by atoms with E-state index in [0.717, 1.165) is 49.2 Å². The van der Waals surface area contributed by atoms with Crippen LogP contribution in [-0.2, 0) is 16.1 Å². The molecule has 2 unspecified atom stereocenters. The van der Waals surface area contributed by atoms with Crippen molar-refractivity contribution in [3.8, 4) is 0 Å². The van der Waals surface area contributed by atoms with Crippen LogP contribution in [0, 0.1) is 12.7 Å². The van der Waals surface area contributed by atoms with Crippen LogP contribution >= 0.6 is 11.6 Å². The molecule has 168 valence electrons. The van der Waals surface area contributed by atoms with Crippen molar-refractivity contribution >= 4 is 35.2 Å². The number of hydrogen-bond donors (Lipinski definition) is 1. The average molecular weight is 456 g/mol. The van der Waals surface area contributed by atoms with E-state index in [9.17, 15) is 14.0 Å². The first-order chi connectivity index (χ1) is 15.3. The molecule has 1 N–H and O–H groups in total. The van der Waals surface area contributed by atoms with Gasteiger partial charge in [-0.05, 0) is 66.8 Å². The first-order valence-corrected chi connectivity index (χ1v) is 11.2. The van der Waals surface area contributed by atoms with E-state index in [-0.39, 0.29) is 29.7 Å². The van der Waals surface area contributed by atoms with Gasteiger partial charge in [0.05, 0.1) is 0 Å². The van der Waals surface area contributed by atoms with Gasteiger partial charge in [-0.15, -0.1) is 0 Å². The van der Waals surface area contributed by atoms with Crippen LogP contribution in [0.4, 0.5) is 10.1 Å². The monoisotopic (exact) mass is 455 g/mol. The van der Waals surface area contributed by atoms with Crippen molar-refractivity contribution in [2.45, 2.75) is 45.3 Å².